The second-order valence-corrected chi connectivity index (χ2v) is 8.01. The number of hydrogen-bond acceptors (Lipinski definition) is 3. The maximum atomic E-state index is 13.9. The Balaban J connectivity index is 1.82. The van der Waals surface area contributed by atoms with Crippen molar-refractivity contribution in [1.82, 2.24) is 0 Å². The molecule has 4 aromatic rings. The Labute approximate surface area is 200 Å². The quantitative estimate of drug-likeness (QED) is 0.208. The van der Waals surface area contributed by atoms with Gasteiger partial charge >= 0.3 is 0 Å². The topological polar surface area (TPSA) is 43.4 Å². The van der Waals surface area contributed by atoms with Crippen LogP contribution in [0.3, 0.4) is 0 Å². The van der Waals surface area contributed by atoms with Crippen molar-refractivity contribution >= 4 is 17.6 Å². The summed E-state index contributed by atoms with van der Waals surface area (Å²) < 4.78 is 5.24. The number of carbonyl (C=O) groups is 2. The Morgan fingerprint density at radius 3 is 1.71 bits per heavy atom. The summed E-state index contributed by atoms with van der Waals surface area (Å²) in [5.74, 6) is -1.12. The normalized spacial score (nSPS) is 12.7. The standard InChI is InChI=1S/C31H26O3/c1-34-27-20-18-26(19-21-27)31(33)29(30(32)25-15-9-4-10-16-25)28(24-13-7-3-8-14-24)22-17-23-11-5-2-6-12-23/h2-22,28-29H,1H3/b22-17+. The lowest BCUT2D eigenvalue weighted by Gasteiger charge is -2.24. The molecule has 4 rings (SSSR count). The van der Waals surface area contributed by atoms with Crippen LogP contribution in [0.1, 0.15) is 37.8 Å². The summed E-state index contributed by atoms with van der Waals surface area (Å²) in [6, 6.07) is 35.6. The summed E-state index contributed by atoms with van der Waals surface area (Å²) >= 11 is 0. The molecule has 4 aromatic carbocycles. The molecule has 0 radical (unpaired) electrons. The van der Waals surface area contributed by atoms with Crippen LogP contribution in [-0.4, -0.2) is 18.7 Å². The van der Waals surface area contributed by atoms with Crippen molar-refractivity contribution in [2.45, 2.75) is 5.92 Å². The molecule has 0 amide bonds. The van der Waals surface area contributed by atoms with Crippen molar-refractivity contribution in [1.29, 1.82) is 0 Å². The molecule has 0 fully saturated rings. The van der Waals surface area contributed by atoms with Gasteiger partial charge in [0.2, 0.25) is 0 Å². The van der Waals surface area contributed by atoms with E-state index in [1.807, 2.05) is 91.0 Å². The van der Waals surface area contributed by atoms with E-state index < -0.39 is 11.8 Å². The van der Waals surface area contributed by atoms with Crippen LogP contribution in [0, 0.1) is 5.92 Å². The second-order valence-electron chi connectivity index (χ2n) is 8.01. The molecular formula is C31H26O3. The minimum absolute atomic E-state index is 0.201. The van der Waals surface area contributed by atoms with Gasteiger partial charge in [0, 0.05) is 17.0 Å². The molecule has 168 valence electrons. The van der Waals surface area contributed by atoms with Gasteiger partial charge in [-0.25, -0.2) is 0 Å². The third kappa shape index (κ3) is 5.38. The van der Waals surface area contributed by atoms with Gasteiger partial charge in [-0.05, 0) is 35.4 Å². The highest BCUT2D eigenvalue weighted by molar-refractivity contribution is 6.17. The molecule has 0 spiro atoms. The second kappa shape index (κ2) is 11.1. The molecule has 0 saturated heterocycles. The fourth-order valence-corrected chi connectivity index (χ4v) is 4.03. The van der Waals surface area contributed by atoms with Crippen LogP contribution < -0.4 is 4.74 Å². The van der Waals surface area contributed by atoms with Gasteiger partial charge in [0.15, 0.2) is 11.6 Å². The van der Waals surface area contributed by atoms with Crippen LogP contribution in [-0.2, 0) is 0 Å². The highest BCUT2D eigenvalue weighted by atomic mass is 16.5. The summed E-state index contributed by atoms with van der Waals surface area (Å²) in [4.78, 5) is 27.7. The summed E-state index contributed by atoms with van der Waals surface area (Å²) in [6.07, 6.45) is 3.95. The van der Waals surface area contributed by atoms with Crippen molar-refractivity contribution in [3.8, 4) is 5.75 Å². The van der Waals surface area contributed by atoms with Gasteiger partial charge in [-0.15, -0.1) is 0 Å². The smallest absolute Gasteiger partial charge is 0.174 e. The Hall–Kier alpha value is -4.24. The van der Waals surface area contributed by atoms with E-state index in [0.717, 1.165) is 11.1 Å². The number of rotatable bonds is 9. The monoisotopic (exact) mass is 446 g/mol. The molecule has 2 atom stereocenters. The van der Waals surface area contributed by atoms with Crippen molar-refractivity contribution in [3.63, 3.8) is 0 Å². The SMILES string of the molecule is COc1ccc(C(=O)C(C(=O)c2ccccc2)C(/C=C/c2ccccc2)c2ccccc2)cc1. The molecule has 3 nitrogen and oxygen atoms in total. The summed E-state index contributed by atoms with van der Waals surface area (Å²) in [6.45, 7) is 0. The third-order valence-corrected chi connectivity index (χ3v) is 5.84. The van der Waals surface area contributed by atoms with Crippen LogP contribution in [0.15, 0.2) is 121 Å². The number of carbonyl (C=O) groups excluding carboxylic acids is 2. The van der Waals surface area contributed by atoms with Crippen molar-refractivity contribution in [2.24, 2.45) is 5.92 Å². The maximum Gasteiger partial charge on any atom is 0.174 e. The average molecular weight is 447 g/mol. The lowest BCUT2D eigenvalue weighted by atomic mass is 9.76. The zero-order valence-corrected chi connectivity index (χ0v) is 19.0. The van der Waals surface area contributed by atoms with Crippen LogP contribution in [0.4, 0.5) is 0 Å². The first-order valence-electron chi connectivity index (χ1n) is 11.2. The molecule has 34 heavy (non-hydrogen) atoms. The van der Waals surface area contributed by atoms with Gasteiger partial charge in [-0.2, -0.15) is 0 Å². The van der Waals surface area contributed by atoms with E-state index >= 15 is 0 Å². The predicted molar refractivity (Wildman–Crippen MR) is 136 cm³/mol. The van der Waals surface area contributed by atoms with Crippen LogP contribution in [0.2, 0.25) is 0 Å². The van der Waals surface area contributed by atoms with Gasteiger partial charge in [-0.3, -0.25) is 9.59 Å². The van der Waals surface area contributed by atoms with Gasteiger partial charge < -0.3 is 4.74 Å². The van der Waals surface area contributed by atoms with Gasteiger partial charge in [-0.1, -0.05) is 103 Å². The average Bonchev–Trinajstić information content (AvgIpc) is 2.92. The van der Waals surface area contributed by atoms with Crippen LogP contribution in [0.5, 0.6) is 5.75 Å². The number of benzene rings is 4. The lowest BCUT2D eigenvalue weighted by molar-refractivity contribution is 0.0795. The van der Waals surface area contributed by atoms with Gasteiger partial charge in [0.05, 0.1) is 13.0 Å². The molecule has 0 aromatic heterocycles. The summed E-state index contributed by atoms with van der Waals surface area (Å²) in [5.41, 5.74) is 2.91. The number of ether oxygens (including phenoxy) is 1. The van der Waals surface area contributed by atoms with E-state index in [-0.39, 0.29) is 11.6 Å². The van der Waals surface area contributed by atoms with E-state index in [1.165, 1.54) is 0 Å². The molecule has 0 bridgehead atoms. The van der Waals surface area contributed by atoms with E-state index in [4.69, 9.17) is 4.74 Å². The summed E-state index contributed by atoms with van der Waals surface area (Å²) in [5, 5.41) is 0. The molecular weight excluding hydrogens is 420 g/mol. The molecule has 0 aliphatic heterocycles. The van der Waals surface area contributed by atoms with E-state index in [1.54, 1.807) is 43.5 Å². The zero-order chi connectivity index (χ0) is 23.8. The molecule has 0 N–H and O–H groups in total. The van der Waals surface area contributed by atoms with Gasteiger partial charge in [0.25, 0.3) is 0 Å². The van der Waals surface area contributed by atoms with Gasteiger partial charge in [0.1, 0.15) is 5.75 Å². The Kier molecular flexibility index (Phi) is 7.46. The molecule has 0 saturated carbocycles. The van der Waals surface area contributed by atoms with Crippen LogP contribution in [0.25, 0.3) is 6.08 Å². The highest BCUT2D eigenvalue weighted by Gasteiger charge is 2.35. The molecule has 2 unspecified atom stereocenters. The first-order valence-corrected chi connectivity index (χ1v) is 11.2. The molecule has 3 heteroatoms. The lowest BCUT2D eigenvalue weighted by Crippen LogP contribution is -2.30. The first-order chi connectivity index (χ1) is 16.7. The maximum absolute atomic E-state index is 13.9. The number of allylic oxidation sites excluding steroid dienone is 1. The predicted octanol–water partition coefficient (Wildman–Crippen LogP) is 6.87. The van der Waals surface area contributed by atoms with Crippen LogP contribution >= 0.6 is 0 Å². The largest absolute Gasteiger partial charge is 0.497 e. The fourth-order valence-electron chi connectivity index (χ4n) is 4.03. The van der Waals surface area contributed by atoms with E-state index in [2.05, 4.69) is 0 Å². The molecule has 0 heterocycles. The summed E-state index contributed by atoms with van der Waals surface area (Å²) in [7, 11) is 1.58. The Bertz CT molecular complexity index is 1240. The zero-order valence-electron chi connectivity index (χ0n) is 19.0. The minimum atomic E-state index is -0.918. The molecule has 0 aliphatic carbocycles. The third-order valence-electron chi connectivity index (χ3n) is 5.84. The first kappa shape index (κ1) is 22.9. The highest BCUT2D eigenvalue weighted by Crippen LogP contribution is 2.33. The van der Waals surface area contributed by atoms with Crippen molar-refractivity contribution < 1.29 is 14.3 Å². The number of Topliss-reactive ketones (excluding diaryl/α,β-unsaturated/α-hetero) is 2. The van der Waals surface area contributed by atoms with Crippen molar-refractivity contribution in [3.05, 3.63) is 144 Å². The number of ketones is 2. The minimum Gasteiger partial charge on any atom is -0.497 e. The fraction of sp³-hybridized carbons (Fsp3) is 0.0968. The Morgan fingerprint density at radius 1 is 0.647 bits per heavy atom. The number of methoxy groups -OCH3 is 1. The number of hydrogen-bond donors (Lipinski definition) is 0. The van der Waals surface area contributed by atoms with E-state index in [9.17, 15) is 9.59 Å². The Morgan fingerprint density at radius 2 is 1.15 bits per heavy atom. The molecule has 0 aliphatic rings. The van der Waals surface area contributed by atoms with Crippen molar-refractivity contribution in [2.75, 3.05) is 7.11 Å². The van der Waals surface area contributed by atoms with E-state index in [0.29, 0.717) is 16.9 Å².